The summed E-state index contributed by atoms with van der Waals surface area (Å²) < 4.78 is 0. The number of piperazine rings is 2. The number of hydrogen-bond acceptors (Lipinski definition) is 6. The van der Waals surface area contributed by atoms with Gasteiger partial charge in [0.1, 0.15) is 0 Å². The molecular weight excluding hydrogens is 336 g/mol. The van der Waals surface area contributed by atoms with Gasteiger partial charge in [0.25, 0.3) is 0 Å². The van der Waals surface area contributed by atoms with Crippen LogP contribution in [0.4, 0.5) is 0 Å². The van der Waals surface area contributed by atoms with Crippen molar-refractivity contribution in [2.24, 2.45) is 5.10 Å². The quantitative estimate of drug-likeness (QED) is 0.544. The van der Waals surface area contributed by atoms with Crippen LogP contribution in [0.15, 0.2) is 29.4 Å². The number of rotatable bonds is 8. The van der Waals surface area contributed by atoms with E-state index in [9.17, 15) is 0 Å². The highest BCUT2D eigenvalue weighted by Crippen LogP contribution is 2.05. The van der Waals surface area contributed by atoms with Gasteiger partial charge in [-0.3, -0.25) is 5.01 Å². The summed E-state index contributed by atoms with van der Waals surface area (Å²) in [4.78, 5) is 7.34. The van der Waals surface area contributed by atoms with Crippen LogP contribution in [-0.2, 0) is 6.54 Å². The molecule has 0 saturated carbocycles. The van der Waals surface area contributed by atoms with Crippen LogP contribution in [0.25, 0.3) is 0 Å². The van der Waals surface area contributed by atoms with Gasteiger partial charge in [0.05, 0.1) is 6.21 Å². The van der Waals surface area contributed by atoms with Crippen molar-refractivity contribution in [3.63, 3.8) is 0 Å². The first kappa shape index (κ1) is 20.3. The Morgan fingerprint density at radius 1 is 0.889 bits per heavy atom. The lowest BCUT2D eigenvalue weighted by Gasteiger charge is -2.32. The van der Waals surface area contributed by atoms with Crippen molar-refractivity contribution in [3.8, 4) is 0 Å². The summed E-state index contributed by atoms with van der Waals surface area (Å²) in [5, 5.41) is 10.3. The molecule has 27 heavy (non-hydrogen) atoms. The van der Waals surface area contributed by atoms with Gasteiger partial charge < -0.3 is 20.0 Å². The third kappa shape index (κ3) is 7.22. The predicted molar refractivity (Wildman–Crippen MR) is 113 cm³/mol. The molecule has 2 aliphatic heterocycles. The van der Waals surface area contributed by atoms with Gasteiger partial charge in [-0.2, -0.15) is 5.10 Å². The Balaban J connectivity index is 1.30. The van der Waals surface area contributed by atoms with E-state index in [2.05, 4.69) is 68.5 Å². The highest BCUT2D eigenvalue weighted by molar-refractivity contribution is 5.79. The van der Waals surface area contributed by atoms with Crippen LogP contribution in [0.1, 0.15) is 17.5 Å². The highest BCUT2D eigenvalue weighted by atomic mass is 15.5. The van der Waals surface area contributed by atoms with Crippen LogP contribution in [0, 0.1) is 0 Å². The molecule has 1 N–H and O–H groups in total. The number of hydrazone groups is 1. The first-order chi connectivity index (χ1) is 13.2. The smallest absolute Gasteiger partial charge is 0.0542 e. The Labute approximate surface area is 164 Å². The van der Waals surface area contributed by atoms with Gasteiger partial charge >= 0.3 is 0 Å². The molecule has 1 aromatic rings. The van der Waals surface area contributed by atoms with Crippen molar-refractivity contribution in [1.29, 1.82) is 0 Å². The van der Waals surface area contributed by atoms with E-state index >= 15 is 0 Å². The third-order valence-electron chi connectivity index (χ3n) is 5.58. The number of benzene rings is 1. The molecule has 6 nitrogen and oxygen atoms in total. The van der Waals surface area contributed by atoms with E-state index in [1.165, 1.54) is 50.3 Å². The fourth-order valence-corrected chi connectivity index (χ4v) is 3.51. The van der Waals surface area contributed by atoms with E-state index < -0.39 is 0 Å². The fraction of sp³-hybridized carbons (Fsp3) is 0.667. The molecule has 6 heteroatoms. The van der Waals surface area contributed by atoms with E-state index in [4.69, 9.17) is 0 Å². The summed E-state index contributed by atoms with van der Waals surface area (Å²) >= 11 is 0. The summed E-state index contributed by atoms with van der Waals surface area (Å²) in [5.74, 6) is 0. The molecule has 1 aromatic carbocycles. The van der Waals surface area contributed by atoms with Gasteiger partial charge in [-0.05, 0) is 44.7 Å². The molecular formula is C21H36N6. The van der Waals surface area contributed by atoms with Crippen molar-refractivity contribution >= 4 is 6.21 Å². The predicted octanol–water partition coefficient (Wildman–Crippen LogP) is 0.995. The number of nitrogens with one attached hydrogen (secondary N) is 1. The third-order valence-corrected chi connectivity index (χ3v) is 5.58. The zero-order valence-corrected chi connectivity index (χ0v) is 17.1. The lowest BCUT2D eigenvalue weighted by molar-refractivity contribution is 0.153. The summed E-state index contributed by atoms with van der Waals surface area (Å²) in [6, 6.07) is 8.75. The standard InChI is InChI=1S/C21H36N6/c1-24-10-14-26(15-11-24)9-3-8-22-18-20-4-6-21(7-5-20)19-23-27-16-12-25(2)13-17-27/h4-7,19,22H,3,8-18H2,1-2H3. The van der Waals surface area contributed by atoms with Crippen molar-refractivity contribution < 1.29 is 0 Å². The molecule has 0 atom stereocenters. The second kappa shape index (κ2) is 10.8. The summed E-state index contributed by atoms with van der Waals surface area (Å²) in [6.45, 7) is 12.3. The molecule has 0 spiro atoms. The van der Waals surface area contributed by atoms with Crippen LogP contribution >= 0.6 is 0 Å². The maximum Gasteiger partial charge on any atom is 0.0542 e. The Bertz CT molecular complexity index is 557. The molecule has 0 aromatic heterocycles. The average Bonchev–Trinajstić information content (AvgIpc) is 2.70. The average molecular weight is 373 g/mol. The molecule has 2 saturated heterocycles. The molecule has 2 heterocycles. The summed E-state index contributed by atoms with van der Waals surface area (Å²) in [7, 11) is 4.38. The van der Waals surface area contributed by atoms with Gasteiger partial charge in [0.15, 0.2) is 0 Å². The van der Waals surface area contributed by atoms with Crippen LogP contribution in [0.2, 0.25) is 0 Å². The molecule has 3 rings (SSSR count). The molecule has 0 radical (unpaired) electrons. The van der Waals surface area contributed by atoms with Crippen molar-refractivity contribution in [1.82, 2.24) is 25.0 Å². The Hall–Kier alpha value is -1.47. The van der Waals surface area contributed by atoms with Gasteiger partial charge in [-0.25, -0.2) is 0 Å². The second-order valence-corrected chi connectivity index (χ2v) is 7.92. The maximum absolute atomic E-state index is 4.61. The van der Waals surface area contributed by atoms with Crippen LogP contribution in [0.3, 0.4) is 0 Å². The number of likely N-dealkylation sites (N-methyl/N-ethyl adjacent to an activating group) is 2. The molecule has 0 aliphatic carbocycles. The Kier molecular flexibility index (Phi) is 8.08. The number of nitrogens with zero attached hydrogens (tertiary/aromatic N) is 5. The molecule has 2 aliphatic rings. The monoisotopic (exact) mass is 372 g/mol. The first-order valence-electron chi connectivity index (χ1n) is 10.4. The van der Waals surface area contributed by atoms with E-state index in [1.807, 2.05) is 6.21 Å². The maximum atomic E-state index is 4.61. The largest absolute Gasteiger partial charge is 0.313 e. The molecule has 0 amide bonds. The van der Waals surface area contributed by atoms with Gasteiger partial charge in [-0.15, -0.1) is 0 Å². The first-order valence-corrected chi connectivity index (χ1v) is 10.4. The van der Waals surface area contributed by atoms with Gasteiger partial charge in [0, 0.05) is 58.9 Å². The van der Waals surface area contributed by atoms with Crippen LogP contribution in [-0.4, -0.2) is 105 Å². The summed E-state index contributed by atoms with van der Waals surface area (Å²) in [5.41, 5.74) is 2.51. The Morgan fingerprint density at radius 3 is 2.19 bits per heavy atom. The van der Waals surface area contributed by atoms with E-state index in [0.717, 1.165) is 39.3 Å². The lowest BCUT2D eigenvalue weighted by Crippen LogP contribution is -2.45. The zero-order valence-electron chi connectivity index (χ0n) is 17.1. The van der Waals surface area contributed by atoms with E-state index in [-0.39, 0.29) is 0 Å². The highest BCUT2D eigenvalue weighted by Gasteiger charge is 2.12. The lowest BCUT2D eigenvalue weighted by atomic mass is 10.1. The second-order valence-electron chi connectivity index (χ2n) is 7.92. The van der Waals surface area contributed by atoms with Crippen molar-refractivity contribution in [2.75, 3.05) is 79.5 Å². The minimum Gasteiger partial charge on any atom is -0.313 e. The molecule has 150 valence electrons. The fourth-order valence-electron chi connectivity index (χ4n) is 3.51. The Morgan fingerprint density at radius 2 is 1.52 bits per heavy atom. The molecule has 2 fully saturated rings. The van der Waals surface area contributed by atoms with Gasteiger partial charge in [0.2, 0.25) is 0 Å². The minimum atomic E-state index is 0.943. The van der Waals surface area contributed by atoms with Gasteiger partial charge in [-0.1, -0.05) is 24.3 Å². The van der Waals surface area contributed by atoms with Crippen LogP contribution < -0.4 is 5.32 Å². The summed E-state index contributed by atoms with van der Waals surface area (Å²) in [6.07, 6.45) is 3.21. The van der Waals surface area contributed by atoms with E-state index in [0.29, 0.717) is 0 Å². The molecule has 0 bridgehead atoms. The van der Waals surface area contributed by atoms with Crippen molar-refractivity contribution in [3.05, 3.63) is 35.4 Å². The topological polar surface area (TPSA) is 37.4 Å². The normalized spacial score (nSPS) is 20.6. The van der Waals surface area contributed by atoms with E-state index in [1.54, 1.807) is 0 Å². The molecule has 0 unspecified atom stereocenters. The zero-order chi connectivity index (χ0) is 18.9. The minimum absolute atomic E-state index is 0.943. The van der Waals surface area contributed by atoms with Crippen molar-refractivity contribution in [2.45, 2.75) is 13.0 Å². The SMILES string of the molecule is CN1CCN(CCCNCc2ccc(C=NN3CCN(C)CC3)cc2)CC1. The number of hydrogen-bond donors (Lipinski definition) is 1. The van der Waals surface area contributed by atoms with Crippen LogP contribution in [0.5, 0.6) is 0 Å².